The second-order valence-corrected chi connectivity index (χ2v) is 5.11. The van der Waals surface area contributed by atoms with Crippen molar-refractivity contribution >= 4 is 11.6 Å². The summed E-state index contributed by atoms with van der Waals surface area (Å²) in [5.41, 5.74) is 1.06. The van der Waals surface area contributed by atoms with Crippen LogP contribution in [0.25, 0.3) is 0 Å². The largest absolute Gasteiger partial charge is 0.481 e. The summed E-state index contributed by atoms with van der Waals surface area (Å²) in [5, 5.41) is 0. The number of hydrogen-bond acceptors (Lipinski definition) is 3. The number of pyridine rings is 1. The summed E-state index contributed by atoms with van der Waals surface area (Å²) in [6.07, 6.45) is 5.07. The Balaban J connectivity index is 2.05. The molecule has 0 N–H and O–H groups in total. The highest BCUT2D eigenvalue weighted by atomic mass is 35.5. The molecule has 1 aliphatic rings. The van der Waals surface area contributed by atoms with E-state index in [9.17, 15) is 0 Å². The minimum Gasteiger partial charge on any atom is -0.481 e. The van der Waals surface area contributed by atoms with E-state index >= 15 is 0 Å². The van der Waals surface area contributed by atoms with E-state index in [0.717, 1.165) is 18.8 Å². The third kappa shape index (κ3) is 3.59. The smallest absolute Gasteiger partial charge is 0.213 e. The van der Waals surface area contributed by atoms with E-state index < -0.39 is 0 Å². The van der Waals surface area contributed by atoms with Gasteiger partial charge in [0.15, 0.2) is 0 Å². The van der Waals surface area contributed by atoms with E-state index in [1.807, 2.05) is 12.1 Å². The summed E-state index contributed by atoms with van der Waals surface area (Å²) in [7, 11) is 1.65. The number of rotatable bonds is 4. The maximum atomic E-state index is 6.09. The van der Waals surface area contributed by atoms with Crippen molar-refractivity contribution in [3.63, 3.8) is 0 Å². The molecule has 0 aliphatic carbocycles. The zero-order valence-electron chi connectivity index (χ0n) is 10.9. The van der Waals surface area contributed by atoms with Crippen molar-refractivity contribution in [1.29, 1.82) is 0 Å². The van der Waals surface area contributed by atoms with E-state index in [-0.39, 0.29) is 0 Å². The fraction of sp³-hybridized carbons (Fsp3) is 0.643. The summed E-state index contributed by atoms with van der Waals surface area (Å²) < 4.78 is 5.17. The van der Waals surface area contributed by atoms with Gasteiger partial charge in [-0.2, -0.15) is 0 Å². The zero-order chi connectivity index (χ0) is 12.8. The number of likely N-dealkylation sites (tertiary alicyclic amines) is 1. The molecule has 0 amide bonds. The van der Waals surface area contributed by atoms with Gasteiger partial charge >= 0.3 is 0 Å². The number of halogens is 1. The molecular weight excluding hydrogens is 248 g/mol. The van der Waals surface area contributed by atoms with Crippen LogP contribution in [-0.4, -0.2) is 35.5 Å². The Bertz CT molecular complexity index is 373. The molecule has 100 valence electrons. The average molecular weight is 269 g/mol. The molecular formula is C14H21ClN2O. The average Bonchev–Trinajstić information content (AvgIpc) is 2.64. The van der Waals surface area contributed by atoms with Gasteiger partial charge in [0.1, 0.15) is 0 Å². The molecule has 1 fully saturated rings. The van der Waals surface area contributed by atoms with Crippen molar-refractivity contribution < 1.29 is 4.74 Å². The molecule has 1 atom stereocenters. The first-order valence-electron chi connectivity index (χ1n) is 6.63. The number of alkyl halides is 1. The fourth-order valence-corrected chi connectivity index (χ4v) is 2.84. The Kier molecular flexibility index (Phi) is 5.26. The lowest BCUT2D eigenvalue weighted by molar-refractivity contribution is 0.204. The van der Waals surface area contributed by atoms with Crippen molar-refractivity contribution in [3.05, 3.63) is 23.9 Å². The summed E-state index contributed by atoms with van der Waals surface area (Å²) in [6, 6.07) is 6.42. The molecule has 1 aromatic rings. The molecule has 4 heteroatoms. The van der Waals surface area contributed by atoms with Gasteiger partial charge in [-0.25, -0.2) is 4.98 Å². The van der Waals surface area contributed by atoms with Crippen molar-refractivity contribution in [1.82, 2.24) is 9.88 Å². The van der Waals surface area contributed by atoms with Gasteiger partial charge in [-0.05, 0) is 25.5 Å². The molecule has 1 aromatic heterocycles. The van der Waals surface area contributed by atoms with Crippen LogP contribution < -0.4 is 4.74 Å². The fourth-order valence-electron chi connectivity index (χ4n) is 2.49. The molecule has 0 aromatic carbocycles. The molecule has 0 saturated carbocycles. The van der Waals surface area contributed by atoms with Gasteiger partial charge in [0.2, 0.25) is 5.88 Å². The molecule has 2 heterocycles. The summed E-state index contributed by atoms with van der Waals surface area (Å²) >= 11 is 6.09. The first-order chi connectivity index (χ1) is 8.83. The van der Waals surface area contributed by atoms with Crippen molar-refractivity contribution in [3.8, 4) is 5.88 Å². The summed E-state index contributed by atoms with van der Waals surface area (Å²) in [6.45, 7) is 1.99. The van der Waals surface area contributed by atoms with Crippen LogP contribution in [0.5, 0.6) is 5.88 Å². The minimum atomic E-state index is 0.488. The Labute approximate surface area is 114 Å². The molecule has 0 spiro atoms. The van der Waals surface area contributed by atoms with Crippen LogP contribution in [-0.2, 0) is 6.54 Å². The van der Waals surface area contributed by atoms with Gasteiger partial charge in [0.05, 0.1) is 12.8 Å². The predicted octanol–water partition coefficient (Wildman–Crippen LogP) is 3.07. The van der Waals surface area contributed by atoms with E-state index in [1.165, 1.54) is 25.7 Å². The molecule has 1 saturated heterocycles. The van der Waals surface area contributed by atoms with Gasteiger partial charge in [-0.15, -0.1) is 11.6 Å². The quantitative estimate of drug-likeness (QED) is 0.785. The SMILES string of the molecule is COc1cccc(CN2CCCCCC2CCl)n1. The van der Waals surface area contributed by atoms with Crippen LogP contribution in [0.3, 0.4) is 0 Å². The molecule has 1 aliphatic heterocycles. The Hall–Kier alpha value is -0.800. The highest BCUT2D eigenvalue weighted by Gasteiger charge is 2.20. The third-order valence-electron chi connectivity index (χ3n) is 3.53. The van der Waals surface area contributed by atoms with E-state index in [2.05, 4.69) is 16.0 Å². The van der Waals surface area contributed by atoms with Crippen LogP contribution in [0, 0.1) is 0 Å². The van der Waals surface area contributed by atoms with Crippen molar-refractivity contribution in [2.24, 2.45) is 0 Å². The normalized spacial score (nSPS) is 21.6. The molecule has 18 heavy (non-hydrogen) atoms. The Morgan fingerprint density at radius 2 is 2.28 bits per heavy atom. The topological polar surface area (TPSA) is 25.4 Å². The van der Waals surface area contributed by atoms with E-state index in [4.69, 9.17) is 16.3 Å². The highest BCUT2D eigenvalue weighted by Crippen LogP contribution is 2.20. The lowest BCUT2D eigenvalue weighted by Gasteiger charge is -2.27. The molecule has 2 rings (SSSR count). The van der Waals surface area contributed by atoms with Crippen LogP contribution in [0.15, 0.2) is 18.2 Å². The highest BCUT2D eigenvalue weighted by molar-refractivity contribution is 6.18. The lowest BCUT2D eigenvalue weighted by Crippen LogP contribution is -2.35. The monoisotopic (exact) mass is 268 g/mol. The molecule has 3 nitrogen and oxygen atoms in total. The van der Waals surface area contributed by atoms with Gasteiger partial charge in [-0.1, -0.05) is 18.9 Å². The third-order valence-corrected chi connectivity index (χ3v) is 3.89. The number of ether oxygens (including phenoxy) is 1. The van der Waals surface area contributed by atoms with Crippen LogP contribution in [0.4, 0.5) is 0 Å². The van der Waals surface area contributed by atoms with Crippen LogP contribution in [0.2, 0.25) is 0 Å². The standard InChI is InChI=1S/C14H21ClN2O/c1-18-14-8-5-6-12(16-14)11-17-9-4-2-3-7-13(17)10-15/h5-6,8,13H,2-4,7,9-11H2,1H3. The van der Waals surface area contributed by atoms with Gasteiger partial charge < -0.3 is 4.74 Å². The number of methoxy groups -OCH3 is 1. The Morgan fingerprint density at radius 1 is 1.39 bits per heavy atom. The predicted molar refractivity (Wildman–Crippen MR) is 74.2 cm³/mol. The van der Waals surface area contributed by atoms with Gasteiger partial charge in [-0.3, -0.25) is 4.90 Å². The second-order valence-electron chi connectivity index (χ2n) is 4.80. The van der Waals surface area contributed by atoms with Crippen LogP contribution in [0.1, 0.15) is 31.4 Å². The number of nitrogens with zero attached hydrogens (tertiary/aromatic N) is 2. The second kappa shape index (κ2) is 6.95. The number of hydrogen-bond donors (Lipinski definition) is 0. The van der Waals surface area contributed by atoms with Crippen molar-refractivity contribution in [2.45, 2.75) is 38.3 Å². The number of aromatic nitrogens is 1. The molecule has 0 radical (unpaired) electrons. The zero-order valence-corrected chi connectivity index (χ0v) is 11.7. The summed E-state index contributed by atoms with van der Waals surface area (Å²) in [4.78, 5) is 6.94. The van der Waals surface area contributed by atoms with Gasteiger partial charge in [0, 0.05) is 24.5 Å². The maximum absolute atomic E-state index is 6.09. The molecule has 1 unspecified atom stereocenters. The van der Waals surface area contributed by atoms with Gasteiger partial charge in [0.25, 0.3) is 0 Å². The van der Waals surface area contributed by atoms with Crippen molar-refractivity contribution in [2.75, 3.05) is 19.5 Å². The van der Waals surface area contributed by atoms with Crippen LogP contribution >= 0.6 is 11.6 Å². The lowest BCUT2D eigenvalue weighted by atomic mass is 10.1. The first kappa shape index (κ1) is 13.6. The summed E-state index contributed by atoms with van der Waals surface area (Å²) in [5.74, 6) is 1.40. The van der Waals surface area contributed by atoms with E-state index in [1.54, 1.807) is 7.11 Å². The first-order valence-corrected chi connectivity index (χ1v) is 7.17. The van der Waals surface area contributed by atoms with E-state index in [0.29, 0.717) is 17.8 Å². The minimum absolute atomic E-state index is 0.488. The molecule has 0 bridgehead atoms. The Morgan fingerprint density at radius 3 is 3.06 bits per heavy atom. The maximum Gasteiger partial charge on any atom is 0.213 e.